The number of hydrazone groups is 1. The lowest BCUT2D eigenvalue weighted by atomic mass is 10.1. The molecule has 144 valence electrons. The van der Waals surface area contributed by atoms with Crippen molar-refractivity contribution in [2.75, 3.05) is 18.5 Å². The summed E-state index contributed by atoms with van der Waals surface area (Å²) < 4.78 is 6.04. The number of carbonyl (C=O) groups excluding carboxylic acids is 1. The van der Waals surface area contributed by atoms with Crippen LogP contribution in [-0.4, -0.2) is 30.4 Å². The third-order valence-electron chi connectivity index (χ3n) is 3.98. The molecular formula is C21H20IN3O3. The molecule has 0 aliphatic heterocycles. The van der Waals surface area contributed by atoms with E-state index in [2.05, 4.69) is 15.8 Å². The minimum absolute atomic E-state index is 0.0999. The minimum atomic E-state index is -0.261. The first-order chi connectivity index (χ1) is 13.6. The average Bonchev–Trinajstić information content (AvgIpc) is 2.70. The molecule has 0 atom stereocenters. The van der Waals surface area contributed by atoms with Gasteiger partial charge in [-0.15, -0.1) is 0 Å². The Morgan fingerprint density at radius 1 is 1.21 bits per heavy atom. The predicted molar refractivity (Wildman–Crippen MR) is 120 cm³/mol. The van der Waals surface area contributed by atoms with Crippen LogP contribution in [0, 0.1) is 3.57 Å². The molecule has 28 heavy (non-hydrogen) atoms. The Balaban J connectivity index is 1.60. The number of hydrogen-bond donors (Lipinski definition) is 3. The lowest BCUT2D eigenvalue weighted by Gasteiger charge is -2.09. The first-order valence-electron chi connectivity index (χ1n) is 8.77. The van der Waals surface area contributed by atoms with E-state index in [0.717, 1.165) is 16.5 Å². The Kier molecular flexibility index (Phi) is 6.70. The van der Waals surface area contributed by atoms with E-state index in [9.17, 15) is 9.90 Å². The second kappa shape index (κ2) is 9.41. The van der Waals surface area contributed by atoms with Crippen molar-refractivity contribution in [3.63, 3.8) is 0 Å². The Morgan fingerprint density at radius 2 is 2.00 bits per heavy atom. The van der Waals surface area contributed by atoms with Crippen LogP contribution in [0.25, 0.3) is 10.8 Å². The summed E-state index contributed by atoms with van der Waals surface area (Å²) in [5, 5.41) is 19.3. The standard InChI is InChI=1S/C21H20IN3O3/c1-2-28-19-11-14(10-17(22)21(19)27)12-24-25-20(26)13-23-18-9-5-7-15-6-3-4-8-16(15)18/h3-12,23,27H,2,13H2,1H3,(H,25,26)/b24-12+. The second-order valence-electron chi connectivity index (χ2n) is 5.96. The Bertz CT molecular complexity index is 1020. The lowest BCUT2D eigenvalue weighted by molar-refractivity contribution is -0.119. The summed E-state index contributed by atoms with van der Waals surface area (Å²) in [5.74, 6) is 0.227. The van der Waals surface area contributed by atoms with Gasteiger partial charge in [-0.3, -0.25) is 4.79 Å². The van der Waals surface area contributed by atoms with Gasteiger partial charge in [-0.05, 0) is 58.7 Å². The highest BCUT2D eigenvalue weighted by atomic mass is 127. The van der Waals surface area contributed by atoms with Crippen molar-refractivity contribution in [2.45, 2.75) is 6.92 Å². The van der Waals surface area contributed by atoms with Crippen molar-refractivity contribution < 1.29 is 14.6 Å². The van der Waals surface area contributed by atoms with Gasteiger partial charge in [-0.1, -0.05) is 36.4 Å². The first-order valence-corrected chi connectivity index (χ1v) is 9.85. The Hall–Kier alpha value is -2.81. The van der Waals surface area contributed by atoms with Crippen LogP contribution in [0.5, 0.6) is 11.5 Å². The van der Waals surface area contributed by atoms with Crippen LogP contribution in [0.15, 0.2) is 59.7 Å². The zero-order valence-electron chi connectivity index (χ0n) is 15.3. The molecule has 3 aromatic rings. The van der Waals surface area contributed by atoms with Crippen molar-refractivity contribution in [1.82, 2.24) is 5.43 Å². The fourth-order valence-corrected chi connectivity index (χ4v) is 3.33. The predicted octanol–water partition coefficient (Wildman–Crippen LogP) is 4.11. The number of anilines is 1. The van der Waals surface area contributed by atoms with Crippen molar-refractivity contribution >= 4 is 51.2 Å². The average molecular weight is 489 g/mol. The number of carbonyl (C=O) groups is 1. The molecule has 3 rings (SSSR count). The van der Waals surface area contributed by atoms with E-state index >= 15 is 0 Å². The van der Waals surface area contributed by atoms with Crippen LogP contribution in [-0.2, 0) is 4.79 Å². The number of nitrogens with one attached hydrogen (secondary N) is 2. The number of aromatic hydroxyl groups is 1. The van der Waals surface area contributed by atoms with E-state index in [0.29, 0.717) is 21.5 Å². The highest BCUT2D eigenvalue weighted by molar-refractivity contribution is 14.1. The van der Waals surface area contributed by atoms with Crippen LogP contribution in [0.4, 0.5) is 5.69 Å². The zero-order chi connectivity index (χ0) is 19.9. The summed E-state index contributed by atoms with van der Waals surface area (Å²) >= 11 is 2.02. The molecule has 6 nitrogen and oxygen atoms in total. The van der Waals surface area contributed by atoms with Crippen LogP contribution < -0.4 is 15.5 Å². The summed E-state index contributed by atoms with van der Waals surface area (Å²) in [7, 11) is 0. The number of hydrogen-bond acceptors (Lipinski definition) is 5. The number of phenols is 1. The third-order valence-corrected chi connectivity index (χ3v) is 4.80. The van der Waals surface area contributed by atoms with Gasteiger partial charge in [-0.2, -0.15) is 5.10 Å². The first kappa shape index (κ1) is 19.9. The Morgan fingerprint density at radius 3 is 2.82 bits per heavy atom. The molecule has 1 amide bonds. The fraction of sp³-hybridized carbons (Fsp3) is 0.143. The number of amides is 1. The number of benzene rings is 3. The molecule has 0 radical (unpaired) electrons. The molecule has 0 unspecified atom stereocenters. The van der Waals surface area contributed by atoms with E-state index in [1.165, 1.54) is 6.21 Å². The number of phenolic OH excluding ortho intramolecular Hbond substituents is 1. The summed E-state index contributed by atoms with van der Waals surface area (Å²) in [6.07, 6.45) is 1.51. The summed E-state index contributed by atoms with van der Waals surface area (Å²) in [6.45, 7) is 2.39. The van der Waals surface area contributed by atoms with Crippen LogP contribution in [0.1, 0.15) is 12.5 Å². The quantitative estimate of drug-likeness (QED) is 0.265. The van der Waals surface area contributed by atoms with Gasteiger partial charge in [0.05, 0.1) is 22.9 Å². The fourth-order valence-electron chi connectivity index (χ4n) is 2.71. The maximum absolute atomic E-state index is 12.1. The minimum Gasteiger partial charge on any atom is -0.504 e. The molecule has 3 aromatic carbocycles. The van der Waals surface area contributed by atoms with Crippen molar-refractivity contribution in [1.29, 1.82) is 0 Å². The van der Waals surface area contributed by atoms with Gasteiger partial charge < -0.3 is 15.2 Å². The smallest absolute Gasteiger partial charge is 0.259 e. The molecule has 0 aliphatic rings. The van der Waals surface area contributed by atoms with Gasteiger partial charge in [0.1, 0.15) is 0 Å². The molecular weight excluding hydrogens is 469 g/mol. The molecule has 0 bridgehead atoms. The van der Waals surface area contributed by atoms with E-state index in [-0.39, 0.29) is 18.2 Å². The molecule has 0 aliphatic carbocycles. The third kappa shape index (κ3) is 4.92. The molecule has 0 saturated carbocycles. The molecule has 0 spiro atoms. The number of nitrogens with zero attached hydrogens (tertiary/aromatic N) is 1. The zero-order valence-corrected chi connectivity index (χ0v) is 17.4. The number of rotatable bonds is 7. The van der Waals surface area contributed by atoms with Crippen LogP contribution >= 0.6 is 22.6 Å². The van der Waals surface area contributed by atoms with Gasteiger partial charge in [0.15, 0.2) is 11.5 Å². The largest absolute Gasteiger partial charge is 0.504 e. The monoisotopic (exact) mass is 489 g/mol. The Labute approximate surface area is 176 Å². The van der Waals surface area contributed by atoms with Gasteiger partial charge in [0, 0.05) is 11.1 Å². The van der Waals surface area contributed by atoms with E-state index in [1.807, 2.05) is 72.0 Å². The maximum atomic E-state index is 12.1. The number of fused-ring (bicyclic) bond motifs is 1. The van der Waals surface area contributed by atoms with E-state index in [1.54, 1.807) is 12.1 Å². The lowest BCUT2D eigenvalue weighted by Crippen LogP contribution is -2.25. The molecule has 7 heteroatoms. The highest BCUT2D eigenvalue weighted by Gasteiger charge is 2.08. The SMILES string of the molecule is CCOc1cc(/C=N/NC(=O)CNc2cccc3ccccc23)cc(I)c1O. The molecule has 0 saturated heterocycles. The second-order valence-corrected chi connectivity index (χ2v) is 7.12. The molecule has 0 fully saturated rings. The normalized spacial score (nSPS) is 10.9. The summed E-state index contributed by atoms with van der Waals surface area (Å²) in [5.41, 5.74) is 4.11. The summed E-state index contributed by atoms with van der Waals surface area (Å²) in [6, 6.07) is 17.3. The van der Waals surface area contributed by atoms with Gasteiger partial charge in [0.25, 0.3) is 5.91 Å². The van der Waals surface area contributed by atoms with Crippen LogP contribution in [0.3, 0.4) is 0 Å². The number of ether oxygens (including phenoxy) is 1. The maximum Gasteiger partial charge on any atom is 0.259 e. The van der Waals surface area contributed by atoms with E-state index in [4.69, 9.17) is 4.74 Å². The topological polar surface area (TPSA) is 83.0 Å². The van der Waals surface area contributed by atoms with Crippen molar-refractivity contribution in [3.05, 3.63) is 63.7 Å². The highest BCUT2D eigenvalue weighted by Crippen LogP contribution is 2.32. The molecule has 0 aromatic heterocycles. The summed E-state index contributed by atoms with van der Waals surface area (Å²) in [4.78, 5) is 12.1. The molecule has 0 heterocycles. The van der Waals surface area contributed by atoms with Crippen molar-refractivity contribution in [2.24, 2.45) is 5.10 Å². The van der Waals surface area contributed by atoms with Gasteiger partial charge in [0.2, 0.25) is 0 Å². The number of halogens is 1. The molecule has 3 N–H and O–H groups in total. The van der Waals surface area contributed by atoms with Crippen molar-refractivity contribution in [3.8, 4) is 11.5 Å². The van der Waals surface area contributed by atoms with E-state index < -0.39 is 0 Å². The van der Waals surface area contributed by atoms with Crippen LogP contribution in [0.2, 0.25) is 0 Å². The van der Waals surface area contributed by atoms with Gasteiger partial charge in [-0.25, -0.2) is 5.43 Å². The van der Waals surface area contributed by atoms with Gasteiger partial charge >= 0.3 is 0 Å².